The molecule has 1 amide bonds. The molecule has 1 unspecified atom stereocenters. The molecule has 7 nitrogen and oxygen atoms in total. The molecule has 0 bridgehead atoms. The Labute approximate surface area is 171 Å². The largest absolute Gasteiger partial charge is 0.481 e. The second kappa shape index (κ2) is 9.93. The molecule has 2 rings (SSSR count). The topological polar surface area (TPSA) is 114 Å². The Morgan fingerprint density at radius 3 is 2.14 bits per heavy atom. The number of carbonyl (C=O) groups is 2. The van der Waals surface area contributed by atoms with Crippen LogP contribution in [0.4, 0.5) is 16.2 Å². The number of nitrogens with one attached hydrogen (secondary N) is 2. The maximum absolute atomic E-state index is 12.0. The molecule has 0 fully saturated rings. The minimum Gasteiger partial charge on any atom is -0.481 e. The van der Waals surface area contributed by atoms with E-state index in [9.17, 15) is 14.7 Å². The molecule has 5 N–H and O–H groups in total. The van der Waals surface area contributed by atoms with Crippen LogP contribution < -0.4 is 16.4 Å². The number of rotatable bonds is 9. The third-order valence-electron chi connectivity index (χ3n) is 4.66. The van der Waals surface area contributed by atoms with E-state index in [0.717, 1.165) is 16.8 Å². The number of hydrogen-bond donors (Lipinski definition) is 4. The first-order chi connectivity index (χ1) is 13.7. The van der Waals surface area contributed by atoms with Gasteiger partial charge in [-0.1, -0.05) is 24.3 Å². The fourth-order valence-electron chi connectivity index (χ4n) is 2.91. The SMILES string of the molecule is CNc1ccc(COC(=O)Nc2ccc(CC(N)CC(C)(C)C(=O)O)cc2)cc1. The first-order valence-electron chi connectivity index (χ1n) is 9.48. The van der Waals surface area contributed by atoms with Crippen LogP contribution in [0, 0.1) is 5.41 Å². The van der Waals surface area contributed by atoms with Gasteiger partial charge >= 0.3 is 12.1 Å². The van der Waals surface area contributed by atoms with E-state index in [-0.39, 0.29) is 12.6 Å². The van der Waals surface area contributed by atoms with E-state index >= 15 is 0 Å². The maximum atomic E-state index is 12.0. The molecule has 0 radical (unpaired) electrons. The van der Waals surface area contributed by atoms with Gasteiger partial charge < -0.3 is 20.9 Å². The lowest BCUT2D eigenvalue weighted by Gasteiger charge is -2.23. The van der Waals surface area contributed by atoms with Crippen molar-refractivity contribution in [2.24, 2.45) is 11.1 Å². The smallest absolute Gasteiger partial charge is 0.411 e. The second-order valence-corrected chi connectivity index (χ2v) is 7.70. The van der Waals surface area contributed by atoms with Gasteiger partial charge in [0.25, 0.3) is 0 Å². The van der Waals surface area contributed by atoms with Gasteiger partial charge in [-0.25, -0.2) is 4.79 Å². The summed E-state index contributed by atoms with van der Waals surface area (Å²) in [7, 11) is 1.84. The van der Waals surface area contributed by atoms with Gasteiger partial charge in [-0.2, -0.15) is 0 Å². The van der Waals surface area contributed by atoms with Crippen molar-refractivity contribution < 1.29 is 19.4 Å². The van der Waals surface area contributed by atoms with Crippen molar-refractivity contribution in [1.82, 2.24) is 0 Å². The molecule has 156 valence electrons. The van der Waals surface area contributed by atoms with Crippen molar-refractivity contribution in [2.45, 2.75) is 39.3 Å². The number of amides is 1. The Morgan fingerprint density at radius 2 is 1.59 bits per heavy atom. The van der Waals surface area contributed by atoms with Gasteiger partial charge in [-0.3, -0.25) is 10.1 Å². The van der Waals surface area contributed by atoms with Crippen molar-refractivity contribution in [3.63, 3.8) is 0 Å². The monoisotopic (exact) mass is 399 g/mol. The zero-order valence-corrected chi connectivity index (χ0v) is 17.1. The van der Waals surface area contributed by atoms with Crippen LogP contribution in [0.2, 0.25) is 0 Å². The van der Waals surface area contributed by atoms with E-state index in [1.807, 2.05) is 43.4 Å². The first-order valence-corrected chi connectivity index (χ1v) is 9.48. The van der Waals surface area contributed by atoms with E-state index in [0.29, 0.717) is 18.5 Å². The third-order valence-corrected chi connectivity index (χ3v) is 4.66. The summed E-state index contributed by atoms with van der Waals surface area (Å²) in [6.07, 6.45) is 0.406. The third kappa shape index (κ3) is 7.12. The van der Waals surface area contributed by atoms with Crippen LogP contribution in [-0.4, -0.2) is 30.3 Å². The van der Waals surface area contributed by atoms with Gasteiger partial charge in [0.2, 0.25) is 0 Å². The van der Waals surface area contributed by atoms with Gasteiger partial charge in [0.05, 0.1) is 5.41 Å². The minimum absolute atomic E-state index is 0.183. The Hall–Kier alpha value is -3.06. The Morgan fingerprint density at radius 1 is 1.03 bits per heavy atom. The Kier molecular flexibility index (Phi) is 7.61. The molecule has 0 saturated heterocycles. The van der Waals surface area contributed by atoms with Crippen LogP contribution >= 0.6 is 0 Å². The molecule has 0 heterocycles. The molecule has 29 heavy (non-hydrogen) atoms. The molecular formula is C22H29N3O4. The van der Waals surface area contributed by atoms with Crippen LogP contribution in [0.3, 0.4) is 0 Å². The quantitative estimate of drug-likeness (QED) is 0.509. The fraction of sp³-hybridized carbons (Fsp3) is 0.364. The standard InChI is InChI=1S/C22H29N3O4/c1-22(2,20(26)27)13-17(23)12-15-4-10-19(11-5-15)25-21(28)29-14-16-6-8-18(24-3)9-7-16/h4-11,17,24H,12-14,23H2,1-3H3,(H,25,28)(H,26,27). The van der Waals surface area contributed by atoms with Crippen molar-refractivity contribution in [2.75, 3.05) is 17.7 Å². The minimum atomic E-state index is -0.863. The van der Waals surface area contributed by atoms with Crippen molar-refractivity contribution in [3.8, 4) is 0 Å². The van der Waals surface area contributed by atoms with Crippen LogP contribution in [-0.2, 0) is 22.6 Å². The summed E-state index contributed by atoms with van der Waals surface area (Å²) in [5.41, 5.74) is 8.72. The van der Waals surface area contributed by atoms with Crippen LogP contribution in [0.5, 0.6) is 0 Å². The number of anilines is 2. The molecular weight excluding hydrogens is 370 g/mol. The summed E-state index contributed by atoms with van der Waals surface area (Å²) in [5, 5.41) is 14.9. The molecule has 0 aliphatic rings. The number of carbonyl (C=O) groups excluding carboxylic acids is 1. The highest BCUT2D eigenvalue weighted by atomic mass is 16.5. The van der Waals surface area contributed by atoms with Crippen LogP contribution in [0.25, 0.3) is 0 Å². The normalized spacial score (nSPS) is 12.1. The number of hydrogen-bond acceptors (Lipinski definition) is 5. The highest BCUT2D eigenvalue weighted by Crippen LogP contribution is 2.23. The highest BCUT2D eigenvalue weighted by molar-refractivity contribution is 5.84. The van der Waals surface area contributed by atoms with Crippen molar-refractivity contribution in [3.05, 3.63) is 59.7 Å². The van der Waals surface area contributed by atoms with Crippen LogP contribution in [0.15, 0.2) is 48.5 Å². The summed E-state index contributed by atoms with van der Waals surface area (Å²) >= 11 is 0. The predicted octanol–water partition coefficient (Wildman–Crippen LogP) is 3.85. The van der Waals surface area contributed by atoms with Crippen LogP contribution in [0.1, 0.15) is 31.4 Å². The lowest BCUT2D eigenvalue weighted by molar-refractivity contribution is -0.147. The van der Waals surface area contributed by atoms with E-state index in [1.54, 1.807) is 26.0 Å². The molecule has 1 atom stereocenters. The number of benzene rings is 2. The molecule has 0 aromatic heterocycles. The summed E-state index contributed by atoms with van der Waals surface area (Å²) in [4.78, 5) is 23.2. The van der Waals surface area contributed by atoms with Gasteiger partial charge in [-0.15, -0.1) is 0 Å². The predicted molar refractivity (Wildman–Crippen MR) is 114 cm³/mol. The molecule has 7 heteroatoms. The molecule has 0 spiro atoms. The average Bonchev–Trinajstić information content (AvgIpc) is 2.67. The first kappa shape index (κ1) is 22.2. The van der Waals surface area contributed by atoms with Gasteiger partial charge in [0, 0.05) is 24.5 Å². The van der Waals surface area contributed by atoms with E-state index in [4.69, 9.17) is 10.5 Å². The van der Waals surface area contributed by atoms with E-state index in [1.165, 1.54) is 0 Å². The number of nitrogens with two attached hydrogens (primary N) is 1. The van der Waals surface area contributed by atoms with Crippen molar-refractivity contribution >= 4 is 23.4 Å². The number of carboxylic acid groups (broad SMARTS) is 1. The van der Waals surface area contributed by atoms with E-state index < -0.39 is 17.5 Å². The van der Waals surface area contributed by atoms with E-state index in [2.05, 4.69) is 10.6 Å². The lowest BCUT2D eigenvalue weighted by Crippen LogP contribution is -2.34. The lowest BCUT2D eigenvalue weighted by atomic mass is 9.84. The Bertz CT molecular complexity index is 817. The number of carboxylic acids is 1. The fourth-order valence-corrected chi connectivity index (χ4v) is 2.91. The molecule has 2 aromatic rings. The summed E-state index contributed by atoms with van der Waals surface area (Å²) in [5.74, 6) is -0.857. The zero-order chi connectivity index (χ0) is 21.4. The second-order valence-electron chi connectivity index (χ2n) is 7.70. The van der Waals surface area contributed by atoms with Gasteiger partial charge in [-0.05, 0) is 62.1 Å². The number of ether oxygens (including phenoxy) is 1. The van der Waals surface area contributed by atoms with Crippen molar-refractivity contribution in [1.29, 1.82) is 0 Å². The maximum Gasteiger partial charge on any atom is 0.411 e. The molecule has 0 aliphatic carbocycles. The highest BCUT2D eigenvalue weighted by Gasteiger charge is 2.29. The van der Waals surface area contributed by atoms with Gasteiger partial charge in [0.15, 0.2) is 0 Å². The zero-order valence-electron chi connectivity index (χ0n) is 17.1. The average molecular weight is 399 g/mol. The summed E-state index contributed by atoms with van der Waals surface area (Å²) in [6.45, 7) is 3.52. The van der Waals surface area contributed by atoms with Gasteiger partial charge in [0.1, 0.15) is 6.61 Å². The summed E-state index contributed by atoms with van der Waals surface area (Å²) < 4.78 is 5.23. The summed E-state index contributed by atoms with van der Waals surface area (Å²) in [6, 6.07) is 14.6. The molecule has 0 saturated carbocycles. The Balaban J connectivity index is 1.81. The molecule has 0 aliphatic heterocycles. The molecule has 2 aromatic carbocycles. The number of aliphatic carboxylic acids is 1.